The summed E-state index contributed by atoms with van der Waals surface area (Å²) >= 11 is 0. The maximum atomic E-state index is 10.9. The number of ether oxygens (including phenoxy) is 1. The molecule has 0 spiro atoms. The number of hydrogen-bond acceptors (Lipinski definition) is 4. The largest absolute Gasteiger partial charge is 0.490 e. The van der Waals surface area contributed by atoms with E-state index in [4.69, 9.17) is 4.74 Å². The topological polar surface area (TPSA) is 51.7 Å². The van der Waals surface area contributed by atoms with Crippen LogP contribution in [0.15, 0.2) is 85.1 Å². The van der Waals surface area contributed by atoms with Gasteiger partial charge in [0.2, 0.25) is 0 Å². The Morgan fingerprint density at radius 2 is 1.76 bits per heavy atom. The summed E-state index contributed by atoms with van der Waals surface area (Å²) in [6.45, 7) is 2.86. The molecule has 3 aromatic carbocycles. The van der Waals surface area contributed by atoms with Gasteiger partial charge >= 0.3 is 0 Å². The first kappa shape index (κ1) is 22.6. The third-order valence-corrected chi connectivity index (χ3v) is 8.33. The molecular weight excluding hydrogens is 458 g/mol. The number of rotatable bonds is 6. The summed E-state index contributed by atoms with van der Waals surface area (Å²) in [7, 11) is 0. The fourth-order valence-electron chi connectivity index (χ4n) is 6.48. The summed E-state index contributed by atoms with van der Waals surface area (Å²) < 4.78 is 6.06. The molecule has 4 heterocycles. The van der Waals surface area contributed by atoms with Crippen molar-refractivity contribution < 1.29 is 9.84 Å². The van der Waals surface area contributed by atoms with Crippen molar-refractivity contribution in [2.24, 2.45) is 0 Å². The Morgan fingerprint density at radius 3 is 2.70 bits per heavy atom. The van der Waals surface area contributed by atoms with Crippen molar-refractivity contribution in [3.05, 3.63) is 96.2 Å². The van der Waals surface area contributed by atoms with Gasteiger partial charge in [0.25, 0.3) is 0 Å². The molecule has 8 rings (SSSR count). The highest BCUT2D eigenvalue weighted by Crippen LogP contribution is 2.39. The van der Waals surface area contributed by atoms with Crippen LogP contribution in [-0.2, 0) is 6.42 Å². The molecule has 37 heavy (non-hydrogen) atoms. The molecule has 1 saturated heterocycles. The Balaban J connectivity index is 1.05. The molecule has 2 bridgehead atoms. The van der Waals surface area contributed by atoms with Gasteiger partial charge in [-0.1, -0.05) is 48.6 Å². The van der Waals surface area contributed by atoms with Crippen LogP contribution >= 0.6 is 0 Å². The molecule has 4 aliphatic rings. The standard InChI is InChI=1S/C32H33N3O2/c36-27(21-37-32-11-5-10-31-30(32)14-15-33-31)20-34-18-26-8-3-2-7-25(34)19-35(26)24-12-13-29-23(17-24)16-22-6-1-4-9-28(22)29/h1-6,9-15,17,25-27,33,36H,7-8,16,18-21H2/b3-2-/t25-,26-,27-/m0/s1. The second-order valence-corrected chi connectivity index (χ2v) is 10.7. The molecule has 1 aliphatic carbocycles. The number of aliphatic hydroxyl groups excluding tert-OH is 1. The number of nitrogens with zero attached hydrogens (tertiary/aromatic N) is 2. The van der Waals surface area contributed by atoms with E-state index in [1.54, 1.807) is 0 Å². The van der Waals surface area contributed by atoms with Gasteiger partial charge in [0.05, 0.1) is 0 Å². The first-order chi connectivity index (χ1) is 18.2. The molecule has 4 aromatic rings. The summed E-state index contributed by atoms with van der Waals surface area (Å²) in [6.07, 6.45) is 9.13. The number of aromatic amines is 1. The summed E-state index contributed by atoms with van der Waals surface area (Å²) in [5.41, 5.74) is 8.03. The minimum absolute atomic E-state index is 0.295. The number of hydrogen-bond donors (Lipinski definition) is 2. The number of H-pyrrole nitrogens is 1. The van der Waals surface area contributed by atoms with E-state index in [-0.39, 0.29) is 0 Å². The Bertz CT molecular complexity index is 1460. The van der Waals surface area contributed by atoms with Crippen molar-refractivity contribution >= 4 is 16.6 Å². The first-order valence-electron chi connectivity index (χ1n) is 13.5. The molecule has 3 atom stereocenters. The molecule has 1 fully saturated rings. The minimum atomic E-state index is -0.536. The number of aliphatic hydroxyl groups is 1. The van der Waals surface area contributed by atoms with Crippen molar-refractivity contribution in [3.63, 3.8) is 0 Å². The van der Waals surface area contributed by atoms with Crippen LogP contribution in [-0.4, -0.2) is 59.4 Å². The van der Waals surface area contributed by atoms with Gasteiger partial charge in [-0.3, -0.25) is 4.90 Å². The van der Waals surface area contributed by atoms with Crippen molar-refractivity contribution in [1.82, 2.24) is 9.88 Å². The summed E-state index contributed by atoms with van der Waals surface area (Å²) in [5, 5.41) is 12.0. The third-order valence-electron chi connectivity index (χ3n) is 8.33. The van der Waals surface area contributed by atoms with Gasteiger partial charge in [-0.2, -0.15) is 0 Å². The monoisotopic (exact) mass is 491 g/mol. The van der Waals surface area contributed by atoms with E-state index in [0.29, 0.717) is 25.2 Å². The molecule has 0 amide bonds. The lowest BCUT2D eigenvalue weighted by molar-refractivity contribution is 0.0409. The van der Waals surface area contributed by atoms with Gasteiger partial charge in [-0.25, -0.2) is 0 Å². The number of nitrogens with one attached hydrogen (secondary N) is 1. The average molecular weight is 492 g/mol. The zero-order valence-electron chi connectivity index (χ0n) is 21.0. The van der Waals surface area contributed by atoms with Crippen molar-refractivity contribution in [1.29, 1.82) is 0 Å². The number of benzene rings is 3. The maximum Gasteiger partial charge on any atom is 0.128 e. The Morgan fingerprint density at radius 1 is 0.892 bits per heavy atom. The van der Waals surface area contributed by atoms with Gasteiger partial charge in [-0.05, 0) is 71.8 Å². The molecule has 188 valence electrons. The van der Waals surface area contributed by atoms with E-state index in [0.717, 1.165) is 49.0 Å². The molecule has 0 unspecified atom stereocenters. The van der Waals surface area contributed by atoms with Crippen LogP contribution in [0.2, 0.25) is 0 Å². The second-order valence-electron chi connectivity index (χ2n) is 10.7. The Hall–Kier alpha value is -3.54. The predicted octanol–water partition coefficient (Wildman–Crippen LogP) is 5.39. The second kappa shape index (κ2) is 9.40. The fourth-order valence-corrected chi connectivity index (χ4v) is 6.48. The van der Waals surface area contributed by atoms with Gasteiger partial charge in [0, 0.05) is 54.5 Å². The maximum absolute atomic E-state index is 10.9. The Kier molecular flexibility index (Phi) is 5.75. The number of piperazine rings is 1. The van der Waals surface area contributed by atoms with Gasteiger partial charge in [0.15, 0.2) is 0 Å². The first-order valence-corrected chi connectivity index (χ1v) is 13.5. The smallest absolute Gasteiger partial charge is 0.128 e. The third kappa shape index (κ3) is 4.22. The Labute approximate surface area is 218 Å². The van der Waals surface area contributed by atoms with E-state index in [1.807, 2.05) is 30.5 Å². The average Bonchev–Trinajstić information content (AvgIpc) is 3.53. The molecule has 0 radical (unpaired) electrons. The molecule has 2 N–H and O–H groups in total. The van der Waals surface area contributed by atoms with Gasteiger partial charge in [0.1, 0.15) is 18.5 Å². The molecule has 0 saturated carbocycles. The highest BCUT2D eigenvalue weighted by Gasteiger charge is 2.35. The number of fused-ring (bicyclic) bond motifs is 8. The lowest BCUT2D eigenvalue weighted by atomic mass is 9.95. The predicted molar refractivity (Wildman–Crippen MR) is 149 cm³/mol. The van der Waals surface area contributed by atoms with E-state index in [2.05, 4.69) is 69.4 Å². The molecular formula is C32H33N3O2. The van der Waals surface area contributed by atoms with E-state index >= 15 is 0 Å². The van der Waals surface area contributed by atoms with E-state index in [9.17, 15) is 5.11 Å². The highest BCUT2D eigenvalue weighted by molar-refractivity contribution is 5.85. The van der Waals surface area contributed by atoms with Gasteiger partial charge < -0.3 is 19.7 Å². The number of anilines is 1. The summed E-state index contributed by atoms with van der Waals surface area (Å²) in [5.74, 6) is 0.819. The quantitative estimate of drug-likeness (QED) is 0.313. The van der Waals surface area contributed by atoms with Crippen LogP contribution in [0.25, 0.3) is 22.0 Å². The van der Waals surface area contributed by atoms with Crippen molar-refractivity contribution in [2.45, 2.75) is 37.5 Å². The summed E-state index contributed by atoms with van der Waals surface area (Å²) in [4.78, 5) is 8.32. The molecule has 3 aliphatic heterocycles. The zero-order chi connectivity index (χ0) is 24.8. The SMILES string of the molecule is O[C@H](COc1cccc2[nH]ccc12)CN1C[C@@H]2C/C=C\C[C@H]1CN2c1ccc2c(c1)Cc1ccccc1-2. The normalized spacial score (nSPS) is 22.4. The summed E-state index contributed by atoms with van der Waals surface area (Å²) in [6, 6.07) is 24.6. The van der Waals surface area contributed by atoms with E-state index < -0.39 is 6.10 Å². The van der Waals surface area contributed by atoms with Crippen molar-refractivity contribution in [3.8, 4) is 16.9 Å². The lowest BCUT2D eigenvalue weighted by Gasteiger charge is -2.49. The highest BCUT2D eigenvalue weighted by atomic mass is 16.5. The van der Waals surface area contributed by atoms with Crippen LogP contribution in [0.1, 0.15) is 24.0 Å². The van der Waals surface area contributed by atoms with E-state index in [1.165, 1.54) is 27.9 Å². The van der Waals surface area contributed by atoms with Crippen LogP contribution < -0.4 is 9.64 Å². The minimum Gasteiger partial charge on any atom is -0.490 e. The van der Waals surface area contributed by atoms with Crippen molar-refractivity contribution in [2.75, 3.05) is 31.1 Å². The molecule has 1 aromatic heterocycles. The molecule has 5 heteroatoms. The van der Waals surface area contributed by atoms with Crippen LogP contribution in [0, 0.1) is 0 Å². The number of aromatic nitrogens is 1. The van der Waals surface area contributed by atoms with Crippen LogP contribution in [0.3, 0.4) is 0 Å². The zero-order valence-corrected chi connectivity index (χ0v) is 21.0. The van der Waals surface area contributed by atoms with Crippen LogP contribution in [0.4, 0.5) is 5.69 Å². The van der Waals surface area contributed by atoms with Gasteiger partial charge in [-0.15, -0.1) is 0 Å². The lowest BCUT2D eigenvalue weighted by Crippen LogP contribution is -2.60. The molecule has 5 nitrogen and oxygen atoms in total. The van der Waals surface area contributed by atoms with Crippen LogP contribution in [0.5, 0.6) is 5.75 Å². The fraction of sp³-hybridized carbons (Fsp3) is 0.312.